The lowest BCUT2D eigenvalue weighted by Crippen LogP contribution is -2.50. The summed E-state index contributed by atoms with van der Waals surface area (Å²) in [6.07, 6.45) is 4.16. The molecule has 1 saturated heterocycles. The third-order valence-electron chi connectivity index (χ3n) is 6.32. The predicted octanol–water partition coefficient (Wildman–Crippen LogP) is 1.82. The van der Waals surface area contributed by atoms with Crippen molar-refractivity contribution >= 4 is 29.5 Å². The van der Waals surface area contributed by atoms with Crippen LogP contribution in [0.25, 0.3) is 0 Å². The molecule has 1 aromatic carbocycles. The number of nitrogens with zero attached hydrogens (tertiary/aromatic N) is 5. The summed E-state index contributed by atoms with van der Waals surface area (Å²) < 4.78 is 1.88. The standard InChI is InChI=1S/C25H26N6O3S/c1-35-23-18(8-5-10-27-23)24(33)29-12-9-20-19(15-29)22(25(34)30-13-11-26-21(32)16-30)28-31(20)14-17-6-3-2-4-7-17/h2-8,10H,9,11-16H2,1H3,(H,26,32). The van der Waals surface area contributed by atoms with E-state index in [4.69, 9.17) is 5.10 Å². The van der Waals surface area contributed by atoms with Crippen molar-refractivity contribution in [1.82, 2.24) is 29.9 Å². The zero-order chi connectivity index (χ0) is 24.4. The van der Waals surface area contributed by atoms with Crippen LogP contribution in [-0.2, 0) is 24.3 Å². The largest absolute Gasteiger partial charge is 0.353 e. The van der Waals surface area contributed by atoms with Gasteiger partial charge in [-0.05, 0) is 24.0 Å². The highest BCUT2D eigenvalue weighted by molar-refractivity contribution is 7.98. The first-order valence-electron chi connectivity index (χ1n) is 11.5. The average Bonchev–Trinajstić information content (AvgIpc) is 3.25. The van der Waals surface area contributed by atoms with E-state index in [1.165, 1.54) is 16.7 Å². The van der Waals surface area contributed by atoms with Crippen molar-refractivity contribution in [3.63, 3.8) is 0 Å². The van der Waals surface area contributed by atoms with E-state index in [9.17, 15) is 14.4 Å². The molecule has 1 fully saturated rings. The van der Waals surface area contributed by atoms with Crippen LogP contribution in [0.15, 0.2) is 53.7 Å². The summed E-state index contributed by atoms with van der Waals surface area (Å²) in [4.78, 5) is 46.4. The highest BCUT2D eigenvalue weighted by Crippen LogP contribution is 2.27. The van der Waals surface area contributed by atoms with Gasteiger partial charge >= 0.3 is 0 Å². The number of pyridine rings is 1. The molecule has 0 unspecified atom stereocenters. The molecule has 3 aromatic rings. The molecule has 0 aliphatic carbocycles. The number of amides is 3. The van der Waals surface area contributed by atoms with Crippen LogP contribution in [0.1, 0.15) is 37.7 Å². The van der Waals surface area contributed by atoms with Crippen molar-refractivity contribution in [2.24, 2.45) is 0 Å². The lowest BCUT2D eigenvalue weighted by molar-refractivity contribution is -0.123. The van der Waals surface area contributed by atoms with Crippen LogP contribution >= 0.6 is 11.8 Å². The van der Waals surface area contributed by atoms with Crippen molar-refractivity contribution in [2.45, 2.75) is 24.5 Å². The van der Waals surface area contributed by atoms with Crippen LogP contribution in [0, 0.1) is 0 Å². The summed E-state index contributed by atoms with van der Waals surface area (Å²) in [7, 11) is 0. The molecule has 5 rings (SSSR count). The summed E-state index contributed by atoms with van der Waals surface area (Å²) in [5, 5.41) is 8.16. The van der Waals surface area contributed by atoms with E-state index in [1.54, 1.807) is 23.2 Å². The van der Waals surface area contributed by atoms with E-state index in [2.05, 4.69) is 10.3 Å². The van der Waals surface area contributed by atoms with E-state index >= 15 is 0 Å². The number of piperazine rings is 1. The van der Waals surface area contributed by atoms with E-state index in [1.807, 2.05) is 41.3 Å². The maximum Gasteiger partial charge on any atom is 0.275 e. The van der Waals surface area contributed by atoms with Gasteiger partial charge in [-0.2, -0.15) is 5.10 Å². The molecule has 0 bridgehead atoms. The van der Waals surface area contributed by atoms with Gasteiger partial charge in [0.1, 0.15) is 5.03 Å². The van der Waals surface area contributed by atoms with Crippen molar-refractivity contribution in [3.8, 4) is 0 Å². The highest BCUT2D eigenvalue weighted by Gasteiger charge is 2.34. The van der Waals surface area contributed by atoms with Crippen molar-refractivity contribution in [1.29, 1.82) is 0 Å². The van der Waals surface area contributed by atoms with Crippen LogP contribution in [0.3, 0.4) is 0 Å². The third-order valence-corrected chi connectivity index (χ3v) is 7.03. The zero-order valence-corrected chi connectivity index (χ0v) is 20.3. The van der Waals surface area contributed by atoms with Gasteiger partial charge in [0.15, 0.2) is 5.69 Å². The van der Waals surface area contributed by atoms with Gasteiger partial charge in [-0.3, -0.25) is 19.1 Å². The fraction of sp³-hybridized carbons (Fsp3) is 0.320. The predicted molar refractivity (Wildman–Crippen MR) is 131 cm³/mol. The molecule has 0 radical (unpaired) electrons. The lowest BCUT2D eigenvalue weighted by atomic mass is 10.0. The number of hydrogen-bond acceptors (Lipinski definition) is 6. The minimum atomic E-state index is -0.275. The molecule has 3 amide bonds. The number of carbonyl (C=O) groups excluding carboxylic acids is 3. The van der Waals surface area contributed by atoms with Crippen molar-refractivity contribution in [3.05, 3.63) is 76.7 Å². The Balaban J connectivity index is 1.49. The minimum Gasteiger partial charge on any atom is -0.353 e. The number of fused-ring (bicyclic) bond motifs is 1. The summed E-state index contributed by atoms with van der Waals surface area (Å²) >= 11 is 1.43. The quantitative estimate of drug-likeness (QED) is 0.548. The number of rotatable bonds is 5. The van der Waals surface area contributed by atoms with Crippen LogP contribution in [-0.4, -0.2) is 74.7 Å². The lowest BCUT2D eigenvalue weighted by Gasteiger charge is -2.29. The Hall–Kier alpha value is -3.66. The molecule has 0 atom stereocenters. The van der Waals surface area contributed by atoms with E-state index in [-0.39, 0.29) is 30.8 Å². The molecule has 4 heterocycles. The molecule has 9 nitrogen and oxygen atoms in total. The van der Waals surface area contributed by atoms with Crippen LogP contribution in [0.4, 0.5) is 0 Å². The maximum absolute atomic E-state index is 13.5. The van der Waals surface area contributed by atoms with Gasteiger partial charge in [-0.15, -0.1) is 11.8 Å². The van der Waals surface area contributed by atoms with E-state index in [0.717, 1.165) is 16.8 Å². The molecule has 35 heavy (non-hydrogen) atoms. The van der Waals surface area contributed by atoms with Gasteiger partial charge in [0.05, 0.1) is 25.2 Å². The Bertz CT molecular complexity index is 1280. The number of aromatic nitrogens is 3. The summed E-state index contributed by atoms with van der Waals surface area (Å²) in [6, 6.07) is 13.5. The zero-order valence-electron chi connectivity index (χ0n) is 19.4. The van der Waals surface area contributed by atoms with E-state index < -0.39 is 0 Å². The van der Waals surface area contributed by atoms with Gasteiger partial charge in [-0.25, -0.2) is 4.98 Å². The Labute approximate surface area is 207 Å². The Morgan fingerprint density at radius 3 is 2.60 bits per heavy atom. The Morgan fingerprint density at radius 1 is 1.03 bits per heavy atom. The molecular formula is C25H26N6O3S. The number of hydrogen-bond donors (Lipinski definition) is 1. The molecule has 2 aliphatic rings. The second-order valence-corrected chi connectivity index (χ2v) is 9.33. The second-order valence-electron chi connectivity index (χ2n) is 8.53. The second kappa shape index (κ2) is 9.91. The van der Waals surface area contributed by atoms with Gasteiger partial charge in [-0.1, -0.05) is 30.3 Å². The summed E-state index contributed by atoms with van der Waals surface area (Å²) in [6.45, 7) is 2.20. The highest BCUT2D eigenvalue weighted by atomic mass is 32.2. The summed E-state index contributed by atoms with van der Waals surface area (Å²) in [5.74, 6) is -0.566. The van der Waals surface area contributed by atoms with Gasteiger partial charge in [0.2, 0.25) is 5.91 Å². The maximum atomic E-state index is 13.5. The molecule has 1 N–H and O–H groups in total. The third kappa shape index (κ3) is 4.66. The van der Waals surface area contributed by atoms with Crippen LogP contribution < -0.4 is 5.32 Å². The first-order valence-corrected chi connectivity index (χ1v) is 12.7. The van der Waals surface area contributed by atoms with Gasteiger partial charge in [0, 0.05) is 43.5 Å². The van der Waals surface area contributed by atoms with Crippen molar-refractivity contribution < 1.29 is 14.4 Å². The first-order chi connectivity index (χ1) is 17.0. The number of thioether (sulfide) groups is 1. The topological polar surface area (TPSA) is 100 Å². The molecule has 2 aromatic heterocycles. The van der Waals surface area contributed by atoms with Crippen LogP contribution in [0.2, 0.25) is 0 Å². The number of nitrogens with one attached hydrogen (secondary N) is 1. The SMILES string of the molecule is CSc1ncccc1C(=O)N1CCc2c(c(C(=O)N3CCNC(=O)C3)nn2Cc2ccccc2)C1. The van der Waals surface area contributed by atoms with Gasteiger partial charge in [0.25, 0.3) is 11.8 Å². The first kappa shape index (κ1) is 23.1. The number of carbonyl (C=O) groups is 3. The molecule has 0 saturated carbocycles. The van der Waals surface area contributed by atoms with E-state index in [0.29, 0.717) is 48.9 Å². The fourth-order valence-electron chi connectivity index (χ4n) is 4.57. The normalized spacial score (nSPS) is 15.5. The molecule has 180 valence electrons. The molecule has 2 aliphatic heterocycles. The number of benzene rings is 1. The fourth-order valence-corrected chi connectivity index (χ4v) is 5.11. The van der Waals surface area contributed by atoms with Crippen LogP contribution in [0.5, 0.6) is 0 Å². The summed E-state index contributed by atoms with van der Waals surface area (Å²) in [5.41, 5.74) is 3.66. The molecule has 0 spiro atoms. The smallest absolute Gasteiger partial charge is 0.275 e. The van der Waals surface area contributed by atoms with Crippen molar-refractivity contribution in [2.75, 3.05) is 32.4 Å². The molecular weight excluding hydrogens is 464 g/mol. The minimum absolute atomic E-state index is 0.00850. The Morgan fingerprint density at radius 2 is 1.83 bits per heavy atom. The monoisotopic (exact) mass is 490 g/mol. The average molecular weight is 491 g/mol. The molecule has 10 heteroatoms. The van der Waals surface area contributed by atoms with Gasteiger partial charge < -0.3 is 15.1 Å². The Kier molecular flexibility index (Phi) is 6.54.